The van der Waals surface area contributed by atoms with Gasteiger partial charge in [-0.05, 0) is 75.0 Å². The van der Waals surface area contributed by atoms with Crippen molar-refractivity contribution in [3.63, 3.8) is 0 Å². The molecule has 0 radical (unpaired) electrons. The van der Waals surface area contributed by atoms with Gasteiger partial charge in [0.1, 0.15) is 5.52 Å². The molecule has 216 valence electrons. The van der Waals surface area contributed by atoms with E-state index in [9.17, 15) is 9.59 Å². The molecule has 0 saturated heterocycles. The van der Waals surface area contributed by atoms with E-state index in [0.717, 1.165) is 55.7 Å². The summed E-state index contributed by atoms with van der Waals surface area (Å²) in [5, 5.41) is 0. The topological polar surface area (TPSA) is 112 Å². The van der Waals surface area contributed by atoms with Crippen LogP contribution in [0.5, 0.6) is 6.01 Å². The second-order valence-electron chi connectivity index (χ2n) is 11.1. The van der Waals surface area contributed by atoms with Gasteiger partial charge in [-0.25, -0.2) is 14.2 Å². The molecule has 2 aliphatic rings. The van der Waals surface area contributed by atoms with Gasteiger partial charge in [0, 0.05) is 39.3 Å². The molecule has 3 heterocycles. The first kappa shape index (κ1) is 28.1. The highest BCUT2D eigenvalue weighted by Crippen LogP contribution is 2.31. The van der Waals surface area contributed by atoms with Crippen molar-refractivity contribution in [1.29, 1.82) is 0 Å². The van der Waals surface area contributed by atoms with Gasteiger partial charge in [0.25, 0.3) is 0 Å². The first-order valence-corrected chi connectivity index (χ1v) is 14.9. The number of amides is 1. The Morgan fingerprint density at radius 1 is 1.18 bits per heavy atom. The van der Waals surface area contributed by atoms with Crippen molar-refractivity contribution in [2.75, 3.05) is 32.5 Å². The molecular formula is C30H43N7O3. The fourth-order valence-corrected chi connectivity index (χ4v) is 6.04. The second-order valence-corrected chi connectivity index (χ2v) is 11.1. The van der Waals surface area contributed by atoms with E-state index in [0.29, 0.717) is 25.3 Å². The van der Waals surface area contributed by atoms with Gasteiger partial charge in [-0.15, -0.1) is 0 Å². The van der Waals surface area contributed by atoms with Gasteiger partial charge in [-0.1, -0.05) is 31.5 Å². The number of hydrogen-bond acceptors (Lipinski definition) is 7. The average molecular weight is 550 g/mol. The largest absolute Gasteiger partial charge is 0.463 e. The predicted molar refractivity (Wildman–Crippen MR) is 157 cm³/mol. The van der Waals surface area contributed by atoms with Crippen LogP contribution in [0.2, 0.25) is 0 Å². The minimum Gasteiger partial charge on any atom is -0.463 e. The van der Waals surface area contributed by atoms with Crippen molar-refractivity contribution in [1.82, 2.24) is 28.9 Å². The van der Waals surface area contributed by atoms with Gasteiger partial charge in [0.05, 0.1) is 6.61 Å². The van der Waals surface area contributed by atoms with E-state index >= 15 is 0 Å². The Morgan fingerprint density at radius 3 is 2.73 bits per heavy atom. The Morgan fingerprint density at radius 2 is 2.00 bits per heavy atom. The molecule has 2 aromatic heterocycles. The number of hydrogen-bond donors (Lipinski definition) is 1. The van der Waals surface area contributed by atoms with Crippen molar-refractivity contribution >= 4 is 23.0 Å². The van der Waals surface area contributed by atoms with Crippen LogP contribution in [0.25, 0.3) is 11.2 Å². The van der Waals surface area contributed by atoms with Crippen LogP contribution in [-0.2, 0) is 25.9 Å². The minimum absolute atomic E-state index is 0.0623. The van der Waals surface area contributed by atoms with Crippen molar-refractivity contribution < 1.29 is 9.53 Å². The van der Waals surface area contributed by atoms with Gasteiger partial charge in [0.2, 0.25) is 0 Å². The molecule has 1 aliphatic carbocycles. The molecule has 0 spiro atoms. The number of carbonyl (C=O) groups excluding carboxylic acids is 1. The molecule has 10 heteroatoms. The van der Waals surface area contributed by atoms with Crippen molar-refractivity contribution in [2.45, 2.75) is 90.8 Å². The number of rotatable bonds is 11. The SMILES string of the molecule is CCCN(C)C(=O)n1c(=O)n(CC)c2nc(OCCCCCc3cccc4c3CCN(C3CCC3)C4)nc(N)c21. The van der Waals surface area contributed by atoms with Crippen LogP contribution in [0.4, 0.5) is 10.6 Å². The molecule has 1 saturated carbocycles. The van der Waals surface area contributed by atoms with E-state index in [2.05, 4.69) is 33.1 Å². The molecule has 0 atom stereocenters. The Bertz CT molecular complexity index is 1410. The molecule has 5 rings (SSSR count). The van der Waals surface area contributed by atoms with E-state index in [1.165, 1.54) is 46.4 Å². The highest BCUT2D eigenvalue weighted by molar-refractivity contribution is 5.93. The monoisotopic (exact) mass is 549 g/mol. The molecule has 1 aromatic carbocycles. The fraction of sp³-hybridized carbons (Fsp3) is 0.600. The summed E-state index contributed by atoms with van der Waals surface area (Å²) in [6.45, 7) is 7.44. The lowest BCUT2D eigenvalue weighted by Crippen LogP contribution is -2.43. The van der Waals surface area contributed by atoms with Crippen LogP contribution in [0.1, 0.15) is 75.5 Å². The molecule has 1 aliphatic heterocycles. The number of nitrogens with two attached hydrogens (primary N) is 1. The first-order chi connectivity index (χ1) is 19.4. The number of benzene rings is 1. The maximum atomic E-state index is 13.0. The lowest BCUT2D eigenvalue weighted by Gasteiger charge is -2.40. The number of anilines is 1. The fourth-order valence-electron chi connectivity index (χ4n) is 6.04. The molecule has 0 bridgehead atoms. The number of unbranched alkanes of at least 4 members (excludes halogenated alkanes) is 2. The summed E-state index contributed by atoms with van der Waals surface area (Å²) in [5.41, 5.74) is 10.9. The number of nitrogens with zero attached hydrogens (tertiary/aromatic N) is 6. The number of aryl methyl sites for hydroxylation is 2. The highest BCUT2D eigenvalue weighted by Gasteiger charge is 2.28. The maximum absolute atomic E-state index is 13.0. The third-order valence-electron chi connectivity index (χ3n) is 8.47. The number of ether oxygens (including phenoxy) is 1. The number of aromatic nitrogens is 4. The van der Waals surface area contributed by atoms with Gasteiger partial charge >= 0.3 is 17.7 Å². The number of imidazole rings is 1. The maximum Gasteiger partial charge on any atom is 0.338 e. The minimum atomic E-state index is -0.470. The molecule has 1 amide bonds. The Kier molecular flexibility index (Phi) is 8.73. The molecule has 3 aromatic rings. The quantitative estimate of drug-likeness (QED) is 0.357. The Labute approximate surface area is 236 Å². The van der Waals surface area contributed by atoms with E-state index in [4.69, 9.17) is 10.5 Å². The van der Waals surface area contributed by atoms with Crippen LogP contribution in [0.15, 0.2) is 23.0 Å². The normalized spacial score (nSPS) is 15.7. The molecule has 1 fully saturated rings. The van der Waals surface area contributed by atoms with Crippen LogP contribution in [0, 0.1) is 0 Å². The van der Waals surface area contributed by atoms with Crippen molar-refractivity contribution in [3.05, 3.63) is 45.4 Å². The summed E-state index contributed by atoms with van der Waals surface area (Å²) in [5.74, 6) is 0.0623. The summed E-state index contributed by atoms with van der Waals surface area (Å²) in [6, 6.07) is 7.32. The van der Waals surface area contributed by atoms with Gasteiger partial charge in [0.15, 0.2) is 11.5 Å². The van der Waals surface area contributed by atoms with E-state index in [1.54, 1.807) is 12.6 Å². The standard InChI is InChI=1S/C30H43N7O3/c1-4-17-34(3)29(38)37-25-26(31)32-28(33-27(25)36(5-2)30(37)39)40-19-8-6-7-11-21-12-9-13-22-20-35(18-16-24(21)22)23-14-10-15-23/h9,12-13,23H,4-8,10-11,14-20H2,1-3H3,(H2,31,32,33). The molecule has 2 N–H and O–H groups in total. The third-order valence-corrected chi connectivity index (χ3v) is 8.47. The van der Waals surface area contributed by atoms with Crippen LogP contribution in [-0.4, -0.2) is 67.7 Å². The summed E-state index contributed by atoms with van der Waals surface area (Å²) in [6.07, 6.45) is 10.1. The Balaban J connectivity index is 1.17. The van der Waals surface area contributed by atoms with Crippen molar-refractivity contribution in [3.8, 4) is 6.01 Å². The van der Waals surface area contributed by atoms with E-state index < -0.39 is 11.7 Å². The van der Waals surface area contributed by atoms with Gasteiger partial charge < -0.3 is 15.4 Å². The smallest absolute Gasteiger partial charge is 0.338 e. The van der Waals surface area contributed by atoms with Crippen molar-refractivity contribution in [2.24, 2.45) is 0 Å². The van der Waals surface area contributed by atoms with Crippen LogP contribution < -0.4 is 16.2 Å². The first-order valence-electron chi connectivity index (χ1n) is 14.9. The number of carbonyl (C=O) groups is 1. The average Bonchev–Trinajstić information content (AvgIpc) is 3.20. The third kappa shape index (κ3) is 5.59. The summed E-state index contributed by atoms with van der Waals surface area (Å²) in [4.78, 5) is 39.0. The Hall–Kier alpha value is -3.40. The zero-order valence-corrected chi connectivity index (χ0v) is 24.2. The summed E-state index contributed by atoms with van der Waals surface area (Å²) in [7, 11) is 1.66. The lowest BCUT2D eigenvalue weighted by molar-refractivity contribution is 0.113. The summed E-state index contributed by atoms with van der Waals surface area (Å²) < 4.78 is 8.36. The van der Waals surface area contributed by atoms with E-state index in [-0.39, 0.29) is 17.3 Å². The van der Waals surface area contributed by atoms with Gasteiger partial charge in [-0.2, -0.15) is 9.97 Å². The van der Waals surface area contributed by atoms with Gasteiger partial charge in [-0.3, -0.25) is 9.47 Å². The number of fused-ring (bicyclic) bond motifs is 2. The number of nitrogen functional groups attached to an aromatic ring is 1. The van der Waals surface area contributed by atoms with E-state index in [1.807, 2.05) is 13.8 Å². The highest BCUT2D eigenvalue weighted by atomic mass is 16.5. The van der Waals surface area contributed by atoms with Crippen LogP contribution >= 0.6 is 0 Å². The zero-order chi connectivity index (χ0) is 28.2. The predicted octanol–water partition coefficient (Wildman–Crippen LogP) is 4.21. The molecule has 40 heavy (non-hydrogen) atoms. The van der Waals surface area contributed by atoms with Crippen LogP contribution in [0.3, 0.4) is 0 Å². The second kappa shape index (κ2) is 12.4. The molecular weight excluding hydrogens is 506 g/mol. The molecule has 10 nitrogen and oxygen atoms in total. The zero-order valence-electron chi connectivity index (χ0n) is 24.2. The molecule has 0 unspecified atom stereocenters. The lowest BCUT2D eigenvalue weighted by atomic mass is 9.87. The summed E-state index contributed by atoms with van der Waals surface area (Å²) >= 11 is 0.